The third-order valence-corrected chi connectivity index (χ3v) is 4.16. The molecule has 0 aliphatic rings. The number of hydrogen-bond acceptors (Lipinski definition) is 2. The Kier molecular flexibility index (Phi) is 5.08. The Hall–Kier alpha value is -1.30. The topological polar surface area (TPSA) is 38.0 Å². The maximum Gasteiger partial charge on any atom is 0.143 e. The minimum Gasteiger partial charge on any atom is -0.271 e. The third kappa shape index (κ3) is 3.48. The van der Waals surface area contributed by atoms with E-state index in [9.17, 15) is 8.78 Å². The van der Waals surface area contributed by atoms with E-state index in [1.165, 1.54) is 12.1 Å². The van der Waals surface area contributed by atoms with E-state index >= 15 is 0 Å². The highest BCUT2D eigenvalue weighted by atomic mass is 79.9. The molecule has 5 heteroatoms. The summed E-state index contributed by atoms with van der Waals surface area (Å²) in [6.45, 7) is 3.95. The summed E-state index contributed by atoms with van der Waals surface area (Å²) in [5, 5.41) is 0. The quantitative estimate of drug-likeness (QED) is 0.493. The number of halogens is 3. The van der Waals surface area contributed by atoms with Gasteiger partial charge in [-0.05, 0) is 59.5 Å². The minimum atomic E-state index is -0.583. The molecule has 1 unspecified atom stereocenters. The fraction of sp³-hybridized carbons (Fsp3) is 0.250. The van der Waals surface area contributed by atoms with Crippen molar-refractivity contribution < 1.29 is 8.78 Å². The van der Waals surface area contributed by atoms with Gasteiger partial charge < -0.3 is 0 Å². The standard InChI is InChI=1S/C16H17BrF2N2/c1-9-3-4-11(10(2)7-9)15(21-20)8-12-14(18)6-5-13(17)16(12)19/h3-7,15,21H,8,20H2,1-2H3. The van der Waals surface area contributed by atoms with Crippen molar-refractivity contribution in [2.45, 2.75) is 26.3 Å². The zero-order valence-corrected chi connectivity index (χ0v) is 13.5. The monoisotopic (exact) mass is 354 g/mol. The molecule has 2 aromatic carbocycles. The van der Waals surface area contributed by atoms with Gasteiger partial charge in [-0.15, -0.1) is 0 Å². The van der Waals surface area contributed by atoms with Gasteiger partial charge in [-0.1, -0.05) is 23.8 Å². The van der Waals surface area contributed by atoms with Crippen LogP contribution < -0.4 is 11.3 Å². The summed E-state index contributed by atoms with van der Waals surface area (Å²) in [7, 11) is 0. The molecular weight excluding hydrogens is 338 g/mol. The van der Waals surface area contributed by atoms with Gasteiger partial charge in [-0.2, -0.15) is 0 Å². The summed E-state index contributed by atoms with van der Waals surface area (Å²) in [5.41, 5.74) is 5.77. The number of hydrogen-bond donors (Lipinski definition) is 2. The predicted molar refractivity (Wildman–Crippen MR) is 83.7 cm³/mol. The first-order valence-corrected chi connectivity index (χ1v) is 7.39. The molecule has 0 bridgehead atoms. The van der Waals surface area contributed by atoms with Crippen molar-refractivity contribution in [2.24, 2.45) is 5.84 Å². The van der Waals surface area contributed by atoms with Gasteiger partial charge in [0.25, 0.3) is 0 Å². The van der Waals surface area contributed by atoms with E-state index in [0.717, 1.165) is 16.7 Å². The van der Waals surface area contributed by atoms with Crippen LogP contribution in [0.3, 0.4) is 0 Å². The number of aryl methyl sites for hydroxylation is 2. The van der Waals surface area contributed by atoms with E-state index in [-0.39, 0.29) is 22.5 Å². The summed E-state index contributed by atoms with van der Waals surface area (Å²) in [6, 6.07) is 8.16. The van der Waals surface area contributed by atoms with Crippen molar-refractivity contribution in [1.29, 1.82) is 0 Å². The zero-order chi connectivity index (χ0) is 15.6. The van der Waals surface area contributed by atoms with Gasteiger partial charge in [-0.25, -0.2) is 8.78 Å². The van der Waals surface area contributed by atoms with Crippen LogP contribution in [0.25, 0.3) is 0 Å². The normalized spacial score (nSPS) is 12.5. The second-order valence-corrected chi connectivity index (χ2v) is 5.96. The summed E-state index contributed by atoms with van der Waals surface area (Å²) in [4.78, 5) is 0. The molecule has 2 nitrogen and oxygen atoms in total. The maximum atomic E-state index is 14.1. The van der Waals surface area contributed by atoms with E-state index < -0.39 is 11.6 Å². The number of rotatable bonds is 4. The molecule has 0 saturated carbocycles. The molecule has 2 aromatic rings. The highest BCUT2D eigenvalue weighted by molar-refractivity contribution is 9.10. The largest absolute Gasteiger partial charge is 0.271 e. The van der Waals surface area contributed by atoms with Crippen LogP contribution in [0.2, 0.25) is 0 Å². The van der Waals surface area contributed by atoms with E-state index in [0.29, 0.717) is 0 Å². The fourth-order valence-electron chi connectivity index (χ4n) is 2.44. The van der Waals surface area contributed by atoms with Gasteiger partial charge in [-0.3, -0.25) is 11.3 Å². The summed E-state index contributed by atoms with van der Waals surface area (Å²) >= 11 is 3.08. The van der Waals surface area contributed by atoms with Crippen LogP contribution in [0.4, 0.5) is 8.78 Å². The molecule has 1 atom stereocenters. The molecule has 2 rings (SSSR count). The first kappa shape index (κ1) is 16.1. The first-order chi connectivity index (χ1) is 9.93. The molecule has 0 saturated heterocycles. The molecule has 21 heavy (non-hydrogen) atoms. The molecule has 0 fully saturated rings. The van der Waals surface area contributed by atoms with Crippen molar-refractivity contribution >= 4 is 15.9 Å². The molecule has 112 valence electrons. The van der Waals surface area contributed by atoms with Crippen molar-refractivity contribution in [3.63, 3.8) is 0 Å². The van der Waals surface area contributed by atoms with Crippen LogP contribution in [0.1, 0.15) is 28.3 Å². The van der Waals surface area contributed by atoms with Crippen LogP contribution in [0.15, 0.2) is 34.8 Å². The van der Waals surface area contributed by atoms with Crippen LogP contribution >= 0.6 is 15.9 Å². The van der Waals surface area contributed by atoms with E-state index in [4.69, 9.17) is 5.84 Å². The van der Waals surface area contributed by atoms with Crippen LogP contribution in [0, 0.1) is 25.5 Å². The van der Waals surface area contributed by atoms with Gasteiger partial charge in [0.2, 0.25) is 0 Å². The van der Waals surface area contributed by atoms with E-state index in [1.54, 1.807) is 0 Å². The van der Waals surface area contributed by atoms with Crippen LogP contribution in [0.5, 0.6) is 0 Å². The van der Waals surface area contributed by atoms with Crippen molar-refractivity contribution in [3.8, 4) is 0 Å². The molecule has 3 N–H and O–H groups in total. The molecule has 0 heterocycles. The van der Waals surface area contributed by atoms with E-state index in [2.05, 4.69) is 21.4 Å². The van der Waals surface area contributed by atoms with Gasteiger partial charge >= 0.3 is 0 Å². The van der Waals surface area contributed by atoms with Gasteiger partial charge in [0.1, 0.15) is 11.6 Å². The highest BCUT2D eigenvalue weighted by Gasteiger charge is 2.19. The number of benzene rings is 2. The zero-order valence-electron chi connectivity index (χ0n) is 11.9. The number of hydrazine groups is 1. The van der Waals surface area contributed by atoms with Gasteiger partial charge in [0.05, 0.1) is 10.5 Å². The molecule has 0 aromatic heterocycles. The van der Waals surface area contributed by atoms with Gasteiger partial charge in [0, 0.05) is 5.56 Å². The Bertz CT molecular complexity index is 659. The van der Waals surface area contributed by atoms with Crippen LogP contribution in [-0.2, 0) is 6.42 Å². The number of nitrogens with two attached hydrogens (primary N) is 1. The second-order valence-electron chi connectivity index (χ2n) is 5.11. The lowest BCUT2D eigenvalue weighted by molar-refractivity contribution is 0.496. The fourth-order valence-corrected chi connectivity index (χ4v) is 2.81. The highest BCUT2D eigenvalue weighted by Crippen LogP contribution is 2.27. The van der Waals surface area contributed by atoms with Crippen molar-refractivity contribution in [3.05, 3.63) is 68.7 Å². The number of nitrogens with one attached hydrogen (secondary N) is 1. The minimum absolute atomic E-state index is 0.0206. The average Bonchev–Trinajstić information content (AvgIpc) is 2.44. The van der Waals surface area contributed by atoms with Crippen LogP contribution in [-0.4, -0.2) is 0 Å². The summed E-state index contributed by atoms with van der Waals surface area (Å²) < 4.78 is 28.2. The summed E-state index contributed by atoms with van der Waals surface area (Å²) in [5.74, 6) is 4.44. The van der Waals surface area contributed by atoms with Crippen molar-refractivity contribution in [1.82, 2.24) is 5.43 Å². The smallest absolute Gasteiger partial charge is 0.143 e. The molecule has 0 aliphatic heterocycles. The Balaban J connectivity index is 2.38. The maximum absolute atomic E-state index is 14.1. The van der Waals surface area contributed by atoms with Crippen molar-refractivity contribution in [2.75, 3.05) is 0 Å². The first-order valence-electron chi connectivity index (χ1n) is 6.59. The molecule has 0 amide bonds. The van der Waals surface area contributed by atoms with Gasteiger partial charge in [0.15, 0.2) is 0 Å². The molecule has 0 radical (unpaired) electrons. The molecule has 0 spiro atoms. The lowest BCUT2D eigenvalue weighted by atomic mass is 9.94. The Morgan fingerprint density at radius 2 is 1.90 bits per heavy atom. The summed E-state index contributed by atoms with van der Waals surface area (Å²) in [6.07, 6.45) is 0.136. The molecular formula is C16H17BrF2N2. The average molecular weight is 355 g/mol. The second kappa shape index (κ2) is 6.64. The Morgan fingerprint density at radius 3 is 2.52 bits per heavy atom. The Labute approximate surface area is 131 Å². The SMILES string of the molecule is Cc1ccc(C(Cc2c(F)ccc(Br)c2F)NN)c(C)c1. The molecule has 0 aliphatic carbocycles. The predicted octanol–water partition coefficient (Wildman–Crippen LogP) is 4.09. The lowest BCUT2D eigenvalue weighted by Crippen LogP contribution is -2.30. The lowest BCUT2D eigenvalue weighted by Gasteiger charge is -2.20. The third-order valence-electron chi connectivity index (χ3n) is 3.55. The Morgan fingerprint density at radius 1 is 1.19 bits per heavy atom. The van der Waals surface area contributed by atoms with E-state index in [1.807, 2.05) is 32.0 Å².